The Hall–Kier alpha value is -1.000. The average Bonchev–Trinajstić information content (AvgIpc) is 2.96. The number of rotatable bonds is 7. The van der Waals surface area contributed by atoms with E-state index >= 15 is 0 Å². The molecule has 0 fully saturated rings. The molecule has 3 nitrogen and oxygen atoms in total. The maximum Gasteiger partial charge on any atom is 0.0947 e. The van der Waals surface area contributed by atoms with Crippen LogP contribution >= 0.6 is 23.2 Å². The molecule has 0 amide bonds. The van der Waals surface area contributed by atoms with Crippen molar-refractivity contribution in [2.24, 2.45) is 0 Å². The van der Waals surface area contributed by atoms with E-state index in [1.807, 2.05) is 31.3 Å². The van der Waals surface area contributed by atoms with Crippen molar-refractivity contribution in [1.29, 1.82) is 0 Å². The third-order valence-corrected chi connectivity index (χ3v) is 4.37. The molecule has 1 unspecified atom stereocenters. The lowest BCUT2D eigenvalue weighted by Gasteiger charge is -2.22. The van der Waals surface area contributed by atoms with E-state index in [9.17, 15) is 0 Å². The van der Waals surface area contributed by atoms with Crippen LogP contribution in [-0.2, 0) is 6.54 Å². The summed E-state index contributed by atoms with van der Waals surface area (Å²) in [5.74, 6) is 0. The SMILES string of the molecule is CNC(CCN(C)Cc1ccoc1)c1cccc(Cl)c1Cl. The molecule has 0 bridgehead atoms. The van der Waals surface area contributed by atoms with E-state index in [0.29, 0.717) is 10.0 Å². The molecule has 114 valence electrons. The van der Waals surface area contributed by atoms with Crippen molar-refractivity contribution >= 4 is 23.2 Å². The molecule has 0 aliphatic rings. The number of hydrogen-bond acceptors (Lipinski definition) is 3. The van der Waals surface area contributed by atoms with E-state index in [-0.39, 0.29) is 6.04 Å². The first kappa shape index (κ1) is 16.4. The van der Waals surface area contributed by atoms with E-state index in [1.165, 1.54) is 5.56 Å². The molecule has 1 heterocycles. The summed E-state index contributed by atoms with van der Waals surface area (Å²) in [6.07, 6.45) is 4.43. The van der Waals surface area contributed by atoms with Crippen molar-refractivity contribution in [2.45, 2.75) is 19.0 Å². The first-order valence-corrected chi connectivity index (χ1v) is 7.68. The zero-order valence-corrected chi connectivity index (χ0v) is 13.8. The van der Waals surface area contributed by atoms with E-state index < -0.39 is 0 Å². The van der Waals surface area contributed by atoms with E-state index in [2.05, 4.69) is 17.3 Å². The van der Waals surface area contributed by atoms with Crippen LogP contribution in [0, 0.1) is 0 Å². The molecule has 5 heteroatoms. The molecule has 21 heavy (non-hydrogen) atoms. The Balaban J connectivity index is 1.94. The highest BCUT2D eigenvalue weighted by atomic mass is 35.5. The largest absolute Gasteiger partial charge is 0.472 e. The summed E-state index contributed by atoms with van der Waals surface area (Å²) in [6.45, 7) is 1.82. The summed E-state index contributed by atoms with van der Waals surface area (Å²) in [7, 11) is 4.04. The maximum atomic E-state index is 6.30. The van der Waals surface area contributed by atoms with Gasteiger partial charge in [-0.25, -0.2) is 0 Å². The standard InChI is InChI=1S/C16H20Cl2N2O/c1-19-15(13-4-3-5-14(17)16(13)18)6-8-20(2)10-12-7-9-21-11-12/h3-5,7,9,11,15,19H,6,8,10H2,1-2H3. The van der Waals surface area contributed by atoms with Crippen LogP contribution in [0.1, 0.15) is 23.6 Å². The first-order valence-electron chi connectivity index (χ1n) is 6.92. The fraction of sp³-hybridized carbons (Fsp3) is 0.375. The van der Waals surface area contributed by atoms with E-state index in [4.69, 9.17) is 27.6 Å². The summed E-state index contributed by atoms with van der Waals surface area (Å²) >= 11 is 12.4. The zero-order valence-electron chi connectivity index (χ0n) is 12.3. The molecule has 1 N–H and O–H groups in total. The predicted molar refractivity (Wildman–Crippen MR) is 87.9 cm³/mol. The lowest BCUT2D eigenvalue weighted by Crippen LogP contribution is -2.25. The molecular weight excluding hydrogens is 307 g/mol. The highest BCUT2D eigenvalue weighted by Crippen LogP contribution is 2.31. The number of halogens is 2. The van der Waals surface area contributed by atoms with Gasteiger partial charge in [0.15, 0.2) is 0 Å². The lowest BCUT2D eigenvalue weighted by atomic mass is 10.0. The van der Waals surface area contributed by atoms with E-state index in [1.54, 1.807) is 12.5 Å². The van der Waals surface area contributed by atoms with Gasteiger partial charge in [-0.15, -0.1) is 0 Å². The molecule has 0 saturated heterocycles. The fourth-order valence-corrected chi connectivity index (χ4v) is 2.81. The summed E-state index contributed by atoms with van der Waals surface area (Å²) in [6, 6.07) is 7.93. The first-order chi connectivity index (χ1) is 10.1. The van der Waals surface area contributed by atoms with Gasteiger partial charge in [-0.05, 0) is 44.8 Å². The van der Waals surface area contributed by atoms with Gasteiger partial charge in [-0.2, -0.15) is 0 Å². The summed E-state index contributed by atoms with van der Waals surface area (Å²) in [5.41, 5.74) is 2.22. The number of nitrogens with one attached hydrogen (secondary N) is 1. The van der Waals surface area contributed by atoms with Crippen LogP contribution in [0.5, 0.6) is 0 Å². The molecule has 0 saturated carbocycles. The molecular formula is C16H20Cl2N2O. The summed E-state index contributed by atoms with van der Waals surface area (Å²) in [5, 5.41) is 4.55. The third-order valence-electron chi connectivity index (χ3n) is 3.54. The number of nitrogens with zero attached hydrogens (tertiary/aromatic N) is 1. The minimum Gasteiger partial charge on any atom is -0.472 e. The normalized spacial score (nSPS) is 12.8. The quantitative estimate of drug-likeness (QED) is 0.819. The van der Waals surface area contributed by atoms with Crippen molar-refractivity contribution in [1.82, 2.24) is 10.2 Å². The van der Waals surface area contributed by atoms with Crippen molar-refractivity contribution in [3.05, 3.63) is 58.0 Å². The summed E-state index contributed by atoms with van der Waals surface area (Å²) in [4.78, 5) is 2.26. The second kappa shape index (κ2) is 7.85. The van der Waals surface area contributed by atoms with Crippen LogP contribution < -0.4 is 5.32 Å². The van der Waals surface area contributed by atoms with Gasteiger partial charge in [0.2, 0.25) is 0 Å². The molecule has 1 aromatic carbocycles. The highest BCUT2D eigenvalue weighted by Gasteiger charge is 2.15. The second-order valence-electron chi connectivity index (χ2n) is 5.14. The Bertz CT molecular complexity index is 557. The Labute approximate surface area is 135 Å². The van der Waals surface area contributed by atoms with Gasteiger partial charge in [-0.1, -0.05) is 35.3 Å². The molecule has 2 rings (SSSR count). The zero-order chi connectivity index (χ0) is 15.2. The smallest absolute Gasteiger partial charge is 0.0947 e. The maximum absolute atomic E-state index is 6.30. The van der Waals surface area contributed by atoms with Gasteiger partial charge in [0, 0.05) is 18.2 Å². The van der Waals surface area contributed by atoms with Crippen molar-refractivity contribution in [3.8, 4) is 0 Å². The molecule has 0 spiro atoms. The molecule has 0 aliphatic carbocycles. The van der Waals surface area contributed by atoms with Crippen molar-refractivity contribution < 1.29 is 4.42 Å². The molecule has 1 atom stereocenters. The Morgan fingerprint density at radius 1 is 1.29 bits per heavy atom. The molecule has 2 aromatic rings. The van der Waals surface area contributed by atoms with Gasteiger partial charge in [0.05, 0.1) is 22.6 Å². The van der Waals surface area contributed by atoms with Crippen LogP contribution in [0.2, 0.25) is 10.0 Å². The van der Waals surface area contributed by atoms with Gasteiger partial charge >= 0.3 is 0 Å². The Morgan fingerprint density at radius 3 is 2.76 bits per heavy atom. The second-order valence-corrected chi connectivity index (χ2v) is 5.93. The van der Waals surface area contributed by atoms with Crippen LogP contribution in [0.25, 0.3) is 0 Å². The Kier molecular flexibility index (Phi) is 6.12. The minimum atomic E-state index is 0.183. The highest BCUT2D eigenvalue weighted by molar-refractivity contribution is 6.42. The topological polar surface area (TPSA) is 28.4 Å². The summed E-state index contributed by atoms with van der Waals surface area (Å²) < 4.78 is 5.09. The average molecular weight is 327 g/mol. The van der Waals surface area contributed by atoms with Crippen LogP contribution in [-0.4, -0.2) is 25.5 Å². The van der Waals surface area contributed by atoms with Crippen LogP contribution in [0.4, 0.5) is 0 Å². The van der Waals surface area contributed by atoms with Crippen molar-refractivity contribution in [3.63, 3.8) is 0 Å². The predicted octanol–water partition coefficient (Wildman–Crippen LogP) is 4.37. The third kappa shape index (κ3) is 4.48. The number of benzene rings is 1. The monoisotopic (exact) mass is 326 g/mol. The fourth-order valence-electron chi connectivity index (χ4n) is 2.37. The van der Waals surface area contributed by atoms with Gasteiger partial charge in [-0.3, -0.25) is 0 Å². The van der Waals surface area contributed by atoms with Crippen LogP contribution in [0.3, 0.4) is 0 Å². The Morgan fingerprint density at radius 2 is 2.10 bits per heavy atom. The number of hydrogen-bond donors (Lipinski definition) is 1. The minimum absolute atomic E-state index is 0.183. The lowest BCUT2D eigenvalue weighted by molar-refractivity contribution is 0.303. The molecule has 1 aromatic heterocycles. The van der Waals surface area contributed by atoms with Gasteiger partial charge in [0.25, 0.3) is 0 Å². The molecule has 0 radical (unpaired) electrons. The van der Waals surface area contributed by atoms with Crippen molar-refractivity contribution in [2.75, 3.05) is 20.6 Å². The van der Waals surface area contributed by atoms with Crippen LogP contribution in [0.15, 0.2) is 41.2 Å². The van der Waals surface area contributed by atoms with Gasteiger partial charge in [0.1, 0.15) is 0 Å². The van der Waals surface area contributed by atoms with E-state index in [0.717, 1.165) is 25.1 Å². The van der Waals surface area contributed by atoms with Gasteiger partial charge < -0.3 is 14.6 Å². The number of furan rings is 1. The molecule has 0 aliphatic heterocycles.